The molecular formula is C42H30. The van der Waals surface area contributed by atoms with Crippen LogP contribution in [0, 0.1) is 13.8 Å². The lowest BCUT2D eigenvalue weighted by Crippen LogP contribution is -1.90. The maximum absolute atomic E-state index is 2.33. The highest BCUT2D eigenvalue weighted by atomic mass is 14.2. The van der Waals surface area contributed by atoms with Crippen LogP contribution in [0.5, 0.6) is 0 Å². The Balaban J connectivity index is 1.33. The van der Waals surface area contributed by atoms with Crippen molar-refractivity contribution in [3.05, 3.63) is 157 Å². The van der Waals surface area contributed by atoms with Gasteiger partial charge < -0.3 is 0 Å². The van der Waals surface area contributed by atoms with Crippen molar-refractivity contribution >= 4 is 43.1 Å². The molecule has 0 radical (unpaired) electrons. The van der Waals surface area contributed by atoms with Gasteiger partial charge in [0, 0.05) is 0 Å². The smallest absolute Gasteiger partial charge is 0.00987 e. The Labute approximate surface area is 246 Å². The average molecular weight is 535 g/mol. The Morgan fingerprint density at radius 3 is 1.29 bits per heavy atom. The summed E-state index contributed by atoms with van der Waals surface area (Å²) in [5.41, 5.74) is 10.2. The Hall–Kier alpha value is -5.20. The molecule has 0 N–H and O–H groups in total. The minimum Gasteiger partial charge on any atom is -0.0616 e. The van der Waals surface area contributed by atoms with E-state index in [1.807, 2.05) is 0 Å². The van der Waals surface area contributed by atoms with Gasteiger partial charge in [0.1, 0.15) is 0 Å². The second-order valence-corrected chi connectivity index (χ2v) is 11.5. The third-order valence-electron chi connectivity index (χ3n) is 8.88. The van der Waals surface area contributed by atoms with E-state index in [-0.39, 0.29) is 0 Å². The molecule has 0 heterocycles. The van der Waals surface area contributed by atoms with Gasteiger partial charge in [-0.15, -0.1) is 0 Å². The minimum absolute atomic E-state index is 1.25. The van der Waals surface area contributed by atoms with Crippen molar-refractivity contribution in [2.75, 3.05) is 0 Å². The van der Waals surface area contributed by atoms with Crippen LogP contribution in [0.2, 0.25) is 0 Å². The Morgan fingerprint density at radius 1 is 0.310 bits per heavy atom. The molecule has 0 saturated carbocycles. The SMILES string of the molecule is Cc1ccc2cc(-c3ccc(-c4ccc(-c5ccc(C)c6ccccc56)c5ccccc45)c4ccccc34)ccc2c1. The zero-order valence-corrected chi connectivity index (χ0v) is 23.9. The Kier molecular flexibility index (Phi) is 5.69. The highest BCUT2D eigenvalue weighted by Crippen LogP contribution is 2.42. The second-order valence-electron chi connectivity index (χ2n) is 11.5. The number of benzene rings is 8. The van der Waals surface area contributed by atoms with Crippen molar-refractivity contribution in [2.24, 2.45) is 0 Å². The van der Waals surface area contributed by atoms with Crippen molar-refractivity contribution in [3.63, 3.8) is 0 Å². The molecule has 8 aromatic rings. The fourth-order valence-corrected chi connectivity index (χ4v) is 6.77. The van der Waals surface area contributed by atoms with Gasteiger partial charge >= 0.3 is 0 Å². The quantitative estimate of drug-likeness (QED) is 0.211. The molecule has 0 aliphatic heterocycles. The molecule has 0 aliphatic rings. The van der Waals surface area contributed by atoms with Crippen LogP contribution in [0.15, 0.2) is 146 Å². The summed E-state index contributed by atoms with van der Waals surface area (Å²) in [4.78, 5) is 0. The molecule has 0 atom stereocenters. The third kappa shape index (κ3) is 3.91. The van der Waals surface area contributed by atoms with Crippen LogP contribution in [0.25, 0.3) is 76.5 Å². The van der Waals surface area contributed by atoms with Gasteiger partial charge in [-0.05, 0) is 102 Å². The topological polar surface area (TPSA) is 0 Å². The molecule has 0 amide bonds. The number of rotatable bonds is 3. The summed E-state index contributed by atoms with van der Waals surface area (Å²) in [6.45, 7) is 4.35. The lowest BCUT2D eigenvalue weighted by molar-refractivity contribution is 1.51. The molecule has 8 aromatic carbocycles. The van der Waals surface area contributed by atoms with Crippen molar-refractivity contribution in [2.45, 2.75) is 13.8 Å². The van der Waals surface area contributed by atoms with Crippen LogP contribution in [-0.4, -0.2) is 0 Å². The summed E-state index contributed by atoms with van der Waals surface area (Å²) in [6.07, 6.45) is 0. The molecule has 0 saturated heterocycles. The molecule has 42 heavy (non-hydrogen) atoms. The number of hydrogen-bond donors (Lipinski definition) is 0. The molecule has 198 valence electrons. The largest absolute Gasteiger partial charge is 0.0616 e. The zero-order chi connectivity index (χ0) is 28.2. The van der Waals surface area contributed by atoms with E-state index >= 15 is 0 Å². The number of fused-ring (bicyclic) bond motifs is 4. The Morgan fingerprint density at radius 2 is 0.714 bits per heavy atom. The van der Waals surface area contributed by atoms with E-state index in [1.54, 1.807) is 0 Å². The van der Waals surface area contributed by atoms with Crippen molar-refractivity contribution in [1.82, 2.24) is 0 Å². The molecule has 0 heteroatoms. The molecule has 0 nitrogen and oxygen atoms in total. The van der Waals surface area contributed by atoms with Gasteiger partial charge in [0.05, 0.1) is 0 Å². The maximum Gasteiger partial charge on any atom is -0.00987 e. The number of aryl methyl sites for hydroxylation is 2. The predicted octanol–water partition coefficient (Wildman–Crippen LogP) is 11.9. The van der Waals surface area contributed by atoms with E-state index in [2.05, 4.69) is 159 Å². The van der Waals surface area contributed by atoms with Gasteiger partial charge in [0.2, 0.25) is 0 Å². The predicted molar refractivity (Wildman–Crippen MR) is 182 cm³/mol. The van der Waals surface area contributed by atoms with Crippen molar-refractivity contribution in [1.29, 1.82) is 0 Å². The van der Waals surface area contributed by atoms with Gasteiger partial charge in [0.15, 0.2) is 0 Å². The molecule has 0 spiro atoms. The highest BCUT2D eigenvalue weighted by Gasteiger charge is 2.15. The van der Waals surface area contributed by atoms with Gasteiger partial charge in [-0.25, -0.2) is 0 Å². The van der Waals surface area contributed by atoms with E-state index in [9.17, 15) is 0 Å². The molecule has 0 fully saturated rings. The Bertz CT molecular complexity index is 2320. The van der Waals surface area contributed by atoms with Crippen LogP contribution in [0.1, 0.15) is 11.1 Å². The molecule has 8 rings (SSSR count). The summed E-state index contributed by atoms with van der Waals surface area (Å²) in [6, 6.07) is 53.8. The second kappa shape index (κ2) is 9.72. The molecule has 0 unspecified atom stereocenters. The number of hydrogen-bond acceptors (Lipinski definition) is 0. The molecule has 0 aromatic heterocycles. The van der Waals surface area contributed by atoms with Crippen LogP contribution < -0.4 is 0 Å². The van der Waals surface area contributed by atoms with Crippen LogP contribution in [0.3, 0.4) is 0 Å². The summed E-state index contributed by atoms with van der Waals surface area (Å²) < 4.78 is 0. The van der Waals surface area contributed by atoms with Gasteiger partial charge in [-0.2, -0.15) is 0 Å². The van der Waals surface area contributed by atoms with Crippen LogP contribution >= 0.6 is 0 Å². The van der Waals surface area contributed by atoms with Gasteiger partial charge in [0.25, 0.3) is 0 Å². The first-order valence-corrected chi connectivity index (χ1v) is 14.7. The van der Waals surface area contributed by atoms with E-state index in [0.717, 1.165) is 0 Å². The molecular weight excluding hydrogens is 504 g/mol. The first-order chi connectivity index (χ1) is 20.7. The monoisotopic (exact) mass is 534 g/mol. The average Bonchev–Trinajstić information content (AvgIpc) is 3.04. The summed E-state index contributed by atoms with van der Waals surface area (Å²) in [7, 11) is 0. The highest BCUT2D eigenvalue weighted by molar-refractivity contribution is 6.14. The lowest BCUT2D eigenvalue weighted by Gasteiger charge is -2.17. The van der Waals surface area contributed by atoms with Crippen LogP contribution in [-0.2, 0) is 0 Å². The molecule has 0 bridgehead atoms. The maximum atomic E-state index is 2.33. The fourth-order valence-electron chi connectivity index (χ4n) is 6.77. The standard InChI is InChI=1S/C42H30/c1-27-15-17-30-26-31(19-18-29(30)25-27)33-21-22-40(36-12-6-5-11-35(33)36)42-24-23-41(37-13-7-8-14-38(37)42)39-20-16-28(2)32-9-3-4-10-34(32)39/h3-26H,1-2H3. The minimum atomic E-state index is 1.25. The summed E-state index contributed by atoms with van der Waals surface area (Å²) in [5, 5.41) is 10.3. The van der Waals surface area contributed by atoms with E-state index in [1.165, 1.54) is 87.6 Å². The lowest BCUT2D eigenvalue weighted by atomic mass is 9.86. The van der Waals surface area contributed by atoms with E-state index < -0.39 is 0 Å². The first-order valence-electron chi connectivity index (χ1n) is 14.7. The molecule has 0 aliphatic carbocycles. The first kappa shape index (κ1) is 24.6. The van der Waals surface area contributed by atoms with Gasteiger partial charge in [-0.3, -0.25) is 0 Å². The van der Waals surface area contributed by atoms with E-state index in [4.69, 9.17) is 0 Å². The summed E-state index contributed by atoms with van der Waals surface area (Å²) >= 11 is 0. The fraction of sp³-hybridized carbons (Fsp3) is 0.0476. The van der Waals surface area contributed by atoms with Crippen molar-refractivity contribution in [3.8, 4) is 33.4 Å². The van der Waals surface area contributed by atoms with Crippen LogP contribution in [0.4, 0.5) is 0 Å². The normalized spacial score (nSPS) is 11.6. The third-order valence-corrected chi connectivity index (χ3v) is 8.88. The zero-order valence-electron chi connectivity index (χ0n) is 23.9. The summed E-state index contributed by atoms with van der Waals surface area (Å²) in [5.74, 6) is 0. The van der Waals surface area contributed by atoms with Crippen molar-refractivity contribution < 1.29 is 0 Å². The van der Waals surface area contributed by atoms with Gasteiger partial charge in [-0.1, -0.05) is 145 Å². The van der Waals surface area contributed by atoms with E-state index in [0.29, 0.717) is 0 Å².